The summed E-state index contributed by atoms with van der Waals surface area (Å²) >= 11 is 3.09. The van der Waals surface area contributed by atoms with Gasteiger partial charge in [0.25, 0.3) is 0 Å². The predicted octanol–water partition coefficient (Wildman–Crippen LogP) is 1.50. The zero-order valence-corrected chi connectivity index (χ0v) is 5.97. The first kappa shape index (κ1) is 6.17. The summed E-state index contributed by atoms with van der Waals surface area (Å²) in [6, 6.07) is 3.34. The van der Waals surface area contributed by atoms with Gasteiger partial charge in [-0.15, -0.1) is 0 Å². The lowest BCUT2D eigenvalue weighted by molar-refractivity contribution is 0.572. The van der Waals surface area contributed by atoms with Crippen LogP contribution in [0.25, 0.3) is 0 Å². The molecule has 1 rings (SSSR count). The normalized spacial score (nSPS) is 8.89. The number of nitriles is 1. The van der Waals surface area contributed by atoms with Crippen LogP contribution in [0.15, 0.2) is 15.0 Å². The Morgan fingerprint density at radius 1 is 1.78 bits per heavy atom. The van der Waals surface area contributed by atoms with Gasteiger partial charge < -0.3 is 10.2 Å². The Kier molecular flexibility index (Phi) is 1.45. The molecule has 4 heteroatoms. The summed E-state index contributed by atoms with van der Waals surface area (Å²) < 4.78 is 5.36. The van der Waals surface area contributed by atoms with E-state index in [1.54, 1.807) is 0 Å². The smallest absolute Gasteiger partial charge is 0.207 e. The maximum Gasteiger partial charge on any atom is 0.207 e. The summed E-state index contributed by atoms with van der Waals surface area (Å²) in [6.45, 7) is 0. The number of hydrogen-bond acceptors (Lipinski definition) is 3. The van der Waals surface area contributed by atoms with E-state index in [4.69, 9.17) is 15.4 Å². The van der Waals surface area contributed by atoms with Crippen molar-refractivity contribution in [3.8, 4) is 6.07 Å². The molecule has 0 atom stereocenters. The summed E-state index contributed by atoms with van der Waals surface area (Å²) in [5, 5.41) is 8.26. The highest BCUT2D eigenvalue weighted by Crippen LogP contribution is 2.22. The van der Waals surface area contributed by atoms with Crippen molar-refractivity contribution < 1.29 is 4.42 Å². The van der Waals surface area contributed by atoms with Crippen LogP contribution in [0.5, 0.6) is 0 Å². The Labute approximate surface area is 60.2 Å². The van der Waals surface area contributed by atoms with Crippen molar-refractivity contribution in [2.75, 3.05) is 5.73 Å². The summed E-state index contributed by atoms with van der Waals surface area (Å²) in [6.07, 6.45) is 0. The number of halogens is 1. The van der Waals surface area contributed by atoms with Gasteiger partial charge in [0, 0.05) is 6.07 Å². The maximum absolute atomic E-state index is 8.26. The van der Waals surface area contributed by atoms with Crippen molar-refractivity contribution in [2.24, 2.45) is 0 Å². The van der Waals surface area contributed by atoms with E-state index >= 15 is 0 Å². The van der Waals surface area contributed by atoms with Gasteiger partial charge >= 0.3 is 0 Å². The topological polar surface area (TPSA) is 63.0 Å². The molecule has 3 nitrogen and oxygen atoms in total. The Morgan fingerprint density at radius 3 is 2.67 bits per heavy atom. The molecule has 0 aliphatic carbocycles. The van der Waals surface area contributed by atoms with E-state index < -0.39 is 0 Å². The largest absolute Gasteiger partial charge is 0.429 e. The van der Waals surface area contributed by atoms with E-state index in [9.17, 15) is 0 Å². The summed E-state index contributed by atoms with van der Waals surface area (Å²) in [7, 11) is 0. The Hall–Kier alpha value is -0.950. The molecule has 0 aromatic carbocycles. The van der Waals surface area contributed by atoms with Crippen molar-refractivity contribution in [1.82, 2.24) is 0 Å². The molecule has 0 spiro atoms. The molecule has 0 amide bonds. The first-order valence-electron chi connectivity index (χ1n) is 2.19. The molecule has 0 radical (unpaired) electrons. The maximum atomic E-state index is 8.26. The molecule has 1 aromatic heterocycles. The number of anilines is 1. The van der Waals surface area contributed by atoms with E-state index in [-0.39, 0.29) is 11.6 Å². The average molecular weight is 187 g/mol. The predicted molar refractivity (Wildman–Crippen MR) is 35.5 cm³/mol. The van der Waals surface area contributed by atoms with Crippen LogP contribution >= 0.6 is 15.9 Å². The second-order valence-electron chi connectivity index (χ2n) is 1.43. The summed E-state index contributed by atoms with van der Waals surface area (Å²) in [5.74, 6) is 0.464. The lowest BCUT2D eigenvalue weighted by Crippen LogP contribution is -1.78. The molecular weight excluding hydrogens is 184 g/mol. The summed E-state index contributed by atoms with van der Waals surface area (Å²) in [5.41, 5.74) is 5.25. The first-order valence-corrected chi connectivity index (χ1v) is 2.98. The van der Waals surface area contributed by atoms with Gasteiger partial charge in [-0.05, 0) is 15.9 Å². The highest BCUT2D eigenvalue weighted by atomic mass is 79.9. The number of nitrogens with zero attached hydrogens (tertiary/aromatic N) is 1. The number of hydrogen-bond donors (Lipinski definition) is 1. The minimum Gasteiger partial charge on any atom is -0.429 e. The molecule has 0 fully saturated rings. The lowest BCUT2D eigenvalue weighted by atomic mass is 10.5. The van der Waals surface area contributed by atoms with Crippen LogP contribution < -0.4 is 5.73 Å². The van der Waals surface area contributed by atoms with Gasteiger partial charge in [0.15, 0.2) is 0 Å². The standard InChI is InChI=1S/C5H3BrN2O/c6-4-1-3(2-7)9-5(4)8/h1H,8H2. The van der Waals surface area contributed by atoms with Gasteiger partial charge in [-0.1, -0.05) is 0 Å². The molecule has 0 unspecified atom stereocenters. The Morgan fingerprint density at radius 2 is 2.44 bits per heavy atom. The van der Waals surface area contributed by atoms with E-state index in [0.717, 1.165) is 0 Å². The number of nitrogen functional groups attached to an aromatic ring is 1. The molecule has 0 aliphatic rings. The third-order valence-corrected chi connectivity index (χ3v) is 1.44. The SMILES string of the molecule is N#Cc1cc(Br)c(N)o1. The summed E-state index contributed by atoms with van der Waals surface area (Å²) in [4.78, 5) is 0. The van der Waals surface area contributed by atoms with E-state index in [1.807, 2.05) is 6.07 Å². The monoisotopic (exact) mass is 186 g/mol. The highest BCUT2D eigenvalue weighted by Gasteiger charge is 2.02. The molecule has 0 bridgehead atoms. The molecule has 1 aromatic rings. The van der Waals surface area contributed by atoms with Gasteiger partial charge in [0.2, 0.25) is 11.6 Å². The fourth-order valence-electron chi connectivity index (χ4n) is 0.438. The second-order valence-corrected chi connectivity index (χ2v) is 2.29. The van der Waals surface area contributed by atoms with Crippen LogP contribution in [-0.4, -0.2) is 0 Å². The molecule has 1 heterocycles. The third-order valence-electron chi connectivity index (χ3n) is 0.823. The fourth-order valence-corrected chi connectivity index (χ4v) is 0.727. The zero-order chi connectivity index (χ0) is 6.85. The van der Waals surface area contributed by atoms with Gasteiger partial charge in [-0.25, -0.2) is 0 Å². The van der Waals surface area contributed by atoms with Gasteiger partial charge in [0.05, 0.1) is 4.47 Å². The molecule has 46 valence electrons. The minimum atomic E-state index is 0.222. The van der Waals surface area contributed by atoms with Crippen LogP contribution in [0.2, 0.25) is 0 Å². The Balaban J connectivity index is 3.16. The molecule has 0 saturated heterocycles. The third kappa shape index (κ3) is 1.06. The Bertz CT molecular complexity index is 241. The van der Waals surface area contributed by atoms with Crippen LogP contribution in [0.1, 0.15) is 5.76 Å². The number of furan rings is 1. The molecule has 9 heavy (non-hydrogen) atoms. The van der Waals surface area contributed by atoms with Crippen molar-refractivity contribution in [3.63, 3.8) is 0 Å². The zero-order valence-electron chi connectivity index (χ0n) is 4.39. The van der Waals surface area contributed by atoms with E-state index in [0.29, 0.717) is 4.47 Å². The molecule has 0 aliphatic heterocycles. The highest BCUT2D eigenvalue weighted by molar-refractivity contribution is 9.10. The quantitative estimate of drug-likeness (QED) is 0.669. The second kappa shape index (κ2) is 2.11. The molecule has 2 N–H and O–H groups in total. The van der Waals surface area contributed by atoms with Crippen LogP contribution in [-0.2, 0) is 0 Å². The van der Waals surface area contributed by atoms with Crippen molar-refractivity contribution >= 4 is 21.8 Å². The van der Waals surface area contributed by atoms with Crippen LogP contribution in [0.3, 0.4) is 0 Å². The van der Waals surface area contributed by atoms with E-state index in [2.05, 4.69) is 15.9 Å². The van der Waals surface area contributed by atoms with Gasteiger partial charge in [-0.2, -0.15) is 5.26 Å². The van der Waals surface area contributed by atoms with Crippen LogP contribution in [0.4, 0.5) is 5.88 Å². The van der Waals surface area contributed by atoms with Crippen molar-refractivity contribution in [2.45, 2.75) is 0 Å². The van der Waals surface area contributed by atoms with Crippen molar-refractivity contribution in [1.29, 1.82) is 5.26 Å². The van der Waals surface area contributed by atoms with Gasteiger partial charge in [-0.3, -0.25) is 0 Å². The molecular formula is C5H3BrN2O. The molecule has 0 saturated carbocycles. The lowest BCUT2D eigenvalue weighted by Gasteiger charge is -1.78. The van der Waals surface area contributed by atoms with Crippen molar-refractivity contribution in [3.05, 3.63) is 16.3 Å². The first-order chi connectivity index (χ1) is 4.24. The number of rotatable bonds is 0. The van der Waals surface area contributed by atoms with Gasteiger partial charge in [0.1, 0.15) is 6.07 Å². The van der Waals surface area contributed by atoms with E-state index in [1.165, 1.54) is 6.07 Å². The number of nitrogens with two attached hydrogens (primary N) is 1. The van der Waals surface area contributed by atoms with Crippen LogP contribution in [0, 0.1) is 11.3 Å². The minimum absolute atomic E-state index is 0.222. The fraction of sp³-hybridized carbons (Fsp3) is 0. The average Bonchev–Trinajstić information content (AvgIpc) is 2.13.